The van der Waals surface area contributed by atoms with Gasteiger partial charge < -0.3 is 0 Å². The lowest BCUT2D eigenvalue weighted by Crippen LogP contribution is -2.37. The first-order valence-corrected chi connectivity index (χ1v) is 12.0. The molecule has 0 aliphatic rings. The van der Waals surface area contributed by atoms with Gasteiger partial charge in [-0.2, -0.15) is 0 Å². The predicted octanol–water partition coefficient (Wildman–Crippen LogP) is 7.57. The molecular formula is C30H24INO2. The highest BCUT2D eigenvalue weighted by atomic mass is 127. The van der Waals surface area contributed by atoms with Gasteiger partial charge in [0.05, 0.1) is 5.69 Å². The lowest BCUT2D eigenvalue weighted by Gasteiger charge is -2.21. The number of nitrogens with zero attached hydrogens (tertiary/aromatic N) is 1. The van der Waals surface area contributed by atoms with E-state index < -0.39 is 0 Å². The molecule has 0 heterocycles. The number of aryl methyl sites for hydroxylation is 2. The van der Waals surface area contributed by atoms with Crippen molar-refractivity contribution in [3.8, 4) is 0 Å². The highest BCUT2D eigenvalue weighted by molar-refractivity contribution is 14.1. The number of carbonyl (C=O) groups is 2. The molecule has 0 radical (unpaired) electrons. The summed E-state index contributed by atoms with van der Waals surface area (Å²) in [4.78, 5) is 28.2. The quantitative estimate of drug-likeness (QED) is 0.144. The van der Waals surface area contributed by atoms with Crippen molar-refractivity contribution in [1.29, 1.82) is 0 Å². The van der Waals surface area contributed by atoms with Crippen LogP contribution in [0.2, 0.25) is 0 Å². The molecule has 3 nitrogen and oxygen atoms in total. The van der Waals surface area contributed by atoms with Crippen molar-refractivity contribution in [2.75, 3.05) is 4.90 Å². The molecular weight excluding hydrogens is 533 g/mol. The second-order valence-corrected chi connectivity index (χ2v) is 9.40. The molecule has 0 unspecified atom stereocenters. The summed E-state index contributed by atoms with van der Waals surface area (Å²) in [7, 11) is 0. The number of anilines is 1. The molecule has 168 valence electrons. The highest BCUT2D eigenvalue weighted by Gasteiger charge is 2.26. The second kappa shape index (κ2) is 10.6. The number of rotatable bonds is 5. The van der Waals surface area contributed by atoms with Gasteiger partial charge in [-0.1, -0.05) is 71.8 Å². The molecule has 4 aromatic carbocycles. The minimum atomic E-state index is -0.354. The van der Waals surface area contributed by atoms with Gasteiger partial charge in [0.25, 0.3) is 11.8 Å². The molecule has 0 saturated carbocycles. The van der Waals surface area contributed by atoms with Gasteiger partial charge in [0.2, 0.25) is 0 Å². The predicted molar refractivity (Wildman–Crippen MR) is 148 cm³/mol. The van der Waals surface area contributed by atoms with Gasteiger partial charge in [0, 0.05) is 14.7 Å². The molecule has 0 aliphatic carbocycles. The van der Waals surface area contributed by atoms with Crippen molar-refractivity contribution >= 4 is 52.2 Å². The summed E-state index contributed by atoms with van der Waals surface area (Å²) < 4.78 is 1.19. The molecule has 0 fully saturated rings. The summed E-state index contributed by atoms with van der Waals surface area (Å²) in [5.74, 6) is -0.708. The number of amides is 2. The van der Waals surface area contributed by atoms with E-state index in [2.05, 4.69) is 46.9 Å². The Kier molecular flexibility index (Phi) is 7.38. The van der Waals surface area contributed by atoms with Gasteiger partial charge in [-0.3, -0.25) is 9.59 Å². The lowest BCUT2D eigenvalue weighted by molar-refractivity contribution is 0.0897. The molecule has 0 aliphatic heterocycles. The fraction of sp³-hybridized carbons (Fsp3) is 0.0667. The third-order valence-corrected chi connectivity index (χ3v) is 6.21. The molecule has 34 heavy (non-hydrogen) atoms. The zero-order valence-corrected chi connectivity index (χ0v) is 21.2. The van der Waals surface area contributed by atoms with Crippen LogP contribution in [0.1, 0.15) is 43.0 Å². The van der Waals surface area contributed by atoms with Crippen LogP contribution in [0.15, 0.2) is 97.1 Å². The Hall–Kier alpha value is -3.51. The number of benzene rings is 4. The van der Waals surface area contributed by atoms with E-state index in [1.54, 1.807) is 24.3 Å². The van der Waals surface area contributed by atoms with E-state index in [1.807, 2.05) is 74.5 Å². The Morgan fingerprint density at radius 3 is 1.38 bits per heavy atom. The van der Waals surface area contributed by atoms with Gasteiger partial charge in [0.1, 0.15) is 0 Å². The number of halogens is 1. The molecule has 4 rings (SSSR count). The van der Waals surface area contributed by atoms with Crippen LogP contribution in [0.25, 0.3) is 12.2 Å². The maximum Gasteiger partial charge on any atom is 0.265 e. The van der Waals surface area contributed by atoms with Crippen LogP contribution in [0.4, 0.5) is 5.69 Å². The first-order chi connectivity index (χ1) is 16.4. The van der Waals surface area contributed by atoms with E-state index in [0.29, 0.717) is 16.8 Å². The average Bonchev–Trinajstić information content (AvgIpc) is 2.85. The number of imide groups is 1. The third kappa shape index (κ3) is 5.69. The molecule has 4 heteroatoms. The maximum absolute atomic E-state index is 13.5. The summed E-state index contributed by atoms with van der Waals surface area (Å²) in [6.45, 7) is 3.93. The van der Waals surface area contributed by atoms with E-state index in [-0.39, 0.29) is 11.8 Å². The molecule has 4 aromatic rings. The fourth-order valence-corrected chi connectivity index (χ4v) is 3.84. The van der Waals surface area contributed by atoms with Gasteiger partial charge >= 0.3 is 0 Å². The van der Waals surface area contributed by atoms with Crippen LogP contribution < -0.4 is 4.90 Å². The van der Waals surface area contributed by atoms with Gasteiger partial charge in [-0.15, -0.1) is 0 Å². The van der Waals surface area contributed by atoms with Gasteiger partial charge in [-0.25, -0.2) is 4.90 Å². The zero-order chi connectivity index (χ0) is 24.1. The molecule has 0 saturated heterocycles. The largest absolute Gasteiger partial charge is 0.268 e. The Labute approximate surface area is 213 Å². The first kappa shape index (κ1) is 23.6. The molecule has 2 amide bonds. The fourth-order valence-electron chi connectivity index (χ4n) is 3.48. The Morgan fingerprint density at radius 1 is 0.588 bits per heavy atom. The molecule has 0 N–H and O–H groups in total. The normalized spacial score (nSPS) is 10.9. The Bertz CT molecular complexity index is 1260. The minimum Gasteiger partial charge on any atom is -0.268 e. The molecule has 0 spiro atoms. The molecule has 0 bridgehead atoms. The average molecular weight is 557 g/mol. The van der Waals surface area contributed by atoms with Crippen LogP contribution in [-0.4, -0.2) is 11.8 Å². The van der Waals surface area contributed by atoms with Gasteiger partial charge in [-0.05, 0) is 96.1 Å². The van der Waals surface area contributed by atoms with Crippen LogP contribution in [-0.2, 0) is 0 Å². The minimum absolute atomic E-state index is 0.354. The molecule has 0 atom stereocenters. The van der Waals surface area contributed by atoms with E-state index in [9.17, 15) is 9.59 Å². The van der Waals surface area contributed by atoms with Crippen LogP contribution in [0.3, 0.4) is 0 Å². The topological polar surface area (TPSA) is 37.4 Å². The molecule has 0 aromatic heterocycles. The van der Waals surface area contributed by atoms with E-state index in [1.165, 1.54) is 8.47 Å². The SMILES string of the molecule is Cc1ccc(C(=O)N(C(=O)c2ccc(C)cc2)c2ccc(C=Cc3ccc(I)cc3)cc2)cc1. The van der Waals surface area contributed by atoms with Crippen molar-refractivity contribution in [2.24, 2.45) is 0 Å². The van der Waals surface area contributed by atoms with E-state index >= 15 is 0 Å². The Balaban J connectivity index is 1.65. The standard InChI is InChI=1S/C30H24INO2/c1-21-3-13-25(14-4-21)29(33)32(30(34)26-15-5-22(2)6-16-26)28-19-11-24(12-20-28)8-7-23-9-17-27(31)18-10-23/h3-20H,1-2H3. The third-order valence-electron chi connectivity index (χ3n) is 5.49. The summed E-state index contributed by atoms with van der Waals surface area (Å²) in [6.07, 6.45) is 4.05. The highest BCUT2D eigenvalue weighted by Crippen LogP contribution is 2.23. The number of hydrogen-bond donors (Lipinski definition) is 0. The van der Waals surface area contributed by atoms with E-state index in [4.69, 9.17) is 0 Å². The van der Waals surface area contributed by atoms with Crippen LogP contribution in [0.5, 0.6) is 0 Å². The second-order valence-electron chi connectivity index (χ2n) is 8.15. The first-order valence-electron chi connectivity index (χ1n) is 11.0. The van der Waals surface area contributed by atoms with Crippen molar-refractivity contribution < 1.29 is 9.59 Å². The maximum atomic E-state index is 13.5. The van der Waals surface area contributed by atoms with Crippen molar-refractivity contribution in [1.82, 2.24) is 0 Å². The van der Waals surface area contributed by atoms with E-state index in [0.717, 1.165) is 22.3 Å². The number of carbonyl (C=O) groups excluding carboxylic acids is 2. The zero-order valence-electron chi connectivity index (χ0n) is 19.0. The smallest absolute Gasteiger partial charge is 0.265 e. The van der Waals surface area contributed by atoms with Crippen LogP contribution >= 0.6 is 22.6 Å². The summed E-state index contributed by atoms with van der Waals surface area (Å²) >= 11 is 2.28. The summed E-state index contributed by atoms with van der Waals surface area (Å²) in [5.41, 5.74) is 5.66. The summed E-state index contributed by atoms with van der Waals surface area (Å²) in [5, 5.41) is 0. The van der Waals surface area contributed by atoms with Crippen LogP contribution in [0, 0.1) is 17.4 Å². The monoisotopic (exact) mass is 557 g/mol. The van der Waals surface area contributed by atoms with Crippen molar-refractivity contribution in [3.63, 3.8) is 0 Å². The summed E-state index contributed by atoms with van der Waals surface area (Å²) in [6, 6.07) is 30.2. The lowest BCUT2D eigenvalue weighted by atomic mass is 10.1. The van der Waals surface area contributed by atoms with Crippen molar-refractivity contribution in [2.45, 2.75) is 13.8 Å². The van der Waals surface area contributed by atoms with Gasteiger partial charge in [0.15, 0.2) is 0 Å². The number of hydrogen-bond acceptors (Lipinski definition) is 2. The Morgan fingerprint density at radius 2 is 0.971 bits per heavy atom. The van der Waals surface area contributed by atoms with Crippen molar-refractivity contribution in [3.05, 3.63) is 134 Å².